The molecule has 1 amide bonds. The number of hydrogen-bond acceptors (Lipinski definition) is 3. The maximum Gasteiger partial charge on any atom is 0.248 e. The molecule has 4 aliphatic heterocycles. The Balaban J connectivity index is 1.67. The van der Waals surface area contributed by atoms with Crippen LogP contribution in [-0.2, 0) is 9.53 Å². The summed E-state index contributed by atoms with van der Waals surface area (Å²) in [7, 11) is 0. The first-order valence-corrected chi connectivity index (χ1v) is 9.15. The van der Waals surface area contributed by atoms with Crippen molar-refractivity contribution in [3.05, 3.63) is 35.4 Å². The van der Waals surface area contributed by atoms with Crippen molar-refractivity contribution in [2.75, 3.05) is 32.8 Å². The standard InChI is InChI=1S/C19H24F2N2O2/c1-2-25-11-17(24)23-10-16(13-7-14(20)9-15(21)8-13)19-18(23)12-3-5-22(19)6-4-12/h7-9,12,16,18-19H,2-6,10-11H2,1H3/t16-,18+,19+/m1/s1. The van der Waals surface area contributed by atoms with Gasteiger partial charge in [-0.15, -0.1) is 0 Å². The van der Waals surface area contributed by atoms with Crippen molar-refractivity contribution in [3.63, 3.8) is 0 Å². The van der Waals surface area contributed by atoms with E-state index < -0.39 is 11.6 Å². The highest BCUT2D eigenvalue weighted by atomic mass is 19.1. The molecule has 3 atom stereocenters. The molecule has 2 bridgehead atoms. The third-order valence-corrected chi connectivity index (χ3v) is 6.06. The van der Waals surface area contributed by atoms with Gasteiger partial charge in [-0.25, -0.2) is 8.78 Å². The van der Waals surface area contributed by atoms with Crippen molar-refractivity contribution in [1.29, 1.82) is 0 Å². The van der Waals surface area contributed by atoms with Gasteiger partial charge in [-0.3, -0.25) is 9.69 Å². The molecular weight excluding hydrogens is 326 g/mol. The summed E-state index contributed by atoms with van der Waals surface area (Å²) < 4.78 is 32.8. The Bertz CT molecular complexity index is 641. The molecule has 0 N–H and O–H groups in total. The zero-order valence-corrected chi connectivity index (χ0v) is 14.5. The first-order valence-electron chi connectivity index (χ1n) is 9.15. The number of nitrogens with zero attached hydrogens (tertiary/aromatic N) is 2. The fourth-order valence-electron chi connectivity index (χ4n) is 5.06. The van der Waals surface area contributed by atoms with Gasteiger partial charge in [0.15, 0.2) is 0 Å². The van der Waals surface area contributed by atoms with Crippen molar-refractivity contribution >= 4 is 5.91 Å². The number of benzene rings is 1. The molecule has 0 radical (unpaired) electrons. The lowest BCUT2D eigenvalue weighted by Gasteiger charge is -2.51. The summed E-state index contributed by atoms with van der Waals surface area (Å²) in [5, 5.41) is 0. The van der Waals surface area contributed by atoms with Crippen molar-refractivity contribution in [2.45, 2.75) is 37.8 Å². The van der Waals surface area contributed by atoms with Gasteiger partial charge in [0.2, 0.25) is 5.91 Å². The highest BCUT2D eigenvalue weighted by molar-refractivity contribution is 5.78. The predicted octanol–water partition coefficient (Wildman–Crippen LogP) is 2.39. The molecule has 1 aromatic carbocycles. The molecule has 0 unspecified atom stereocenters. The summed E-state index contributed by atoms with van der Waals surface area (Å²) in [5.41, 5.74) is 0.659. The van der Waals surface area contributed by atoms with Gasteiger partial charge < -0.3 is 9.64 Å². The van der Waals surface area contributed by atoms with Crippen LogP contribution in [0.2, 0.25) is 0 Å². The molecule has 6 heteroatoms. The van der Waals surface area contributed by atoms with Gasteiger partial charge in [0.1, 0.15) is 18.2 Å². The molecule has 4 fully saturated rings. The summed E-state index contributed by atoms with van der Waals surface area (Å²) in [6, 6.07) is 4.03. The summed E-state index contributed by atoms with van der Waals surface area (Å²) in [6.45, 7) is 4.98. The second-order valence-electron chi connectivity index (χ2n) is 7.35. The number of carbonyl (C=O) groups is 1. The van der Waals surface area contributed by atoms with Gasteiger partial charge >= 0.3 is 0 Å². The molecule has 4 nitrogen and oxygen atoms in total. The normalized spacial score (nSPS) is 33.6. The predicted molar refractivity (Wildman–Crippen MR) is 89.2 cm³/mol. The van der Waals surface area contributed by atoms with Crippen LogP contribution in [0.25, 0.3) is 0 Å². The number of amides is 1. The molecule has 0 aliphatic carbocycles. The van der Waals surface area contributed by atoms with Crippen LogP contribution in [0.15, 0.2) is 18.2 Å². The van der Waals surface area contributed by atoms with Gasteiger partial charge in [-0.2, -0.15) is 0 Å². The van der Waals surface area contributed by atoms with Gasteiger partial charge in [0.05, 0.1) is 6.04 Å². The van der Waals surface area contributed by atoms with Crippen molar-refractivity contribution < 1.29 is 18.3 Å². The minimum Gasteiger partial charge on any atom is -0.372 e. The highest BCUT2D eigenvalue weighted by Crippen LogP contribution is 2.46. The number of likely N-dealkylation sites (tertiary alicyclic amines) is 1. The molecule has 4 aliphatic rings. The van der Waals surface area contributed by atoms with E-state index in [1.165, 1.54) is 12.1 Å². The van der Waals surface area contributed by atoms with Crippen molar-refractivity contribution in [1.82, 2.24) is 9.80 Å². The van der Waals surface area contributed by atoms with Gasteiger partial charge in [-0.05, 0) is 56.5 Å². The zero-order valence-electron chi connectivity index (χ0n) is 14.5. The zero-order chi connectivity index (χ0) is 17.6. The summed E-state index contributed by atoms with van der Waals surface area (Å²) in [5.74, 6) is -0.693. The number of carbonyl (C=O) groups excluding carboxylic acids is 1. The number of hydrogen-bond donors (Lipinski definition) is 0. The van der Waals surface area contributed by atoms with E-state index in [9.17, 15) is 13.6 Å². The van der Waals surface area contributed by atoms with Crippen molar-refractivity contribution in [3.8, 4) is 0 Å². The Hall–Kier alpha value is -1.53. The van der Waals surface area contributed by atoms with E-state index in [1.807, 2.05) is 11.8 Å². The maximum atomic E-state index is 13.8. The Kier molecular flexibility index (Phi) is 4.50. The molecular formula is C19H24F2N2O2. The van der Waals surface area contributed by atoms with E-state index in [0.29, 0.717) is 24.6 Å². The Labute approximate surface area is 146 Å². The molecule has 0 aromatic heterocycles. The van der Waals surface area contributed by atoms with Crippen LogP contribution in [-0.4, -0.2) is 60.6 Å². The van der Waals surface area contributed by atoms with Crippen LogP contribution in [0.3, 0.4) is 0 Å². The number of halogens is 2. The number of rotatable bonds is 4. The first-order chi connectivity index (χ1) is 12.1. The van der Waals surface area contributed by atoms with E-state index in [0.717, 1.165) is 32.0 Å². The lowest BCUT2D eigenvalue weighted by molar-refractivity contribution is -0.140. The average molecular weight is 350 g/mol. The smallest absolute Gasteiger partial charge is 0.248 e. The summed E-state index contributed by atoms with van der Waals surface area (Å²) >= 11 is 0. The van der Waals surface area contributed by atoms with Gasteiger partial charge in [-0.1, -0.05) is 0 Å². The van der Waals surface area contributed by atoms with Gasteiger partial charge in [0.25, 0.3) is 0 Å². The van der Waals surface area contributed by atoms with Crippen LogP contribution >= 0.6 is 0 Å². The van der Waals surface area contributed by atoms with E-state index in [2.05, 4.69) is 4.90 Å². The second-order valence-corrected chi connectivity index (χ2v) is 7.35. The van der Waals surface area contributed by atoms with E-state index in [4.69, 9.17) is 4.74 Å². The molecule has 1 aromatic rings. The Morgan fingerprint density at radius 1 is 1.16 bits per heavy atom. The van der Waals surface area contributed by atoms with E-state index >= 15 is 0 Å². The van der Waals surface area contributed by atoms with Crippen LogP contribution in [0.4, 0.5) is 8.78 Å². The third kappa shape index (κ3) is 2.95. The molecule has 5 rings (SSSR count). The topological polar surface area (TPSA) is 32.8 Å². The summed E-state index contributed by atoms with van der Waals surface area (Å²) in [6.07, 6.45) is 2.17. The Morgan fingerprint density at radius 3 is 2.48 bits per heavy atom. The van der Waals surface area contributed by atoms with Crippen LogP contribution in [0.5, 0.6) is 0 Å². The lowest BCUT2D eigenvalue weighted by Crippen LogP contribution is -2.61. The monoisotopic (exact) mass is 350 g/mol. The molecule has 4 saturated heterocycles. The molecule has 25 heavy (non-hydrogen) atoms. The molecule has 4 heterocycles. The number of piperidine rings is 3. The summed E-state index contributed by atoms with van der Waals surface area (Å²) in [4.78, 5) is 17.0. The SMILES string of the molecule is CCOCC(=O)N1C[C@H](c2cc(F)cc(F)c2)[C@H]2[C@@H]1C1CCN2CC1. The minimum atomic E-state index is -0.554. The maximum absolute atomic E-state index is 13.8. The average Bonchev–Trinajstić information content (AvgIpc) is 3.03. The lowest BCUT2D eigenvalue weighted by atomic mass is 9.75. The fourth-order valence-corrected chi connectivity index (χ4v) is 5.06. The van der Waals surface area contributed by atoms with Crippen LogP contribution in [0.1, 0.15) is 31.2 Å². The number of ether oxygens (including phenoxy) is 1. The van der Waals surface area contributed by atoms with E-state index in [-0.39, 0.29) is 30.5 Å². The van der Waals surface area contributed by atoms with Crippen LogP contribution in [0, 0.1) is 17.6 Å². The molecule has 0 spiro atoms. The largest absolute Gasteiger partial charge is 0.372 e. The molecule has 0 saturated carbocycles. The molecule has 136 valence electrons. The second kappa shape index (κ2) is 6.65. The fraction of sp³-hybridized carbons (Fsp3) is 0.632. The Morgan fingerprint density at radius 2 is 1.84 bits per heavy atom. The van der Waals surface area contributed by atoms with Gasteiger partial charge in [0, 0.05) is 31.2 Å². The third-order valence-electron chi connectivity index (χ3n) is 6.06. The van der Waals surface area contributed by atoms with E-state index in [1.54, 1.807) is 0 Å². The minimum absolute atomic E-state index is 0.00928. The first kappa shape index (κ1) is 16.9. The quantitative estimate of drug-likeness (QED) is 0.836. The van der Waals surface area contributed by atoms with Crippen LogP contribution < -0.4 is 0 Å². The number of fused-ring (bicyclic) bond motifs is 2. The van der Waals surface area contributed by atoms with Crippen molar-refractivity contribution in [2.24, 2.45) is 5.92 Å². The highest BCUT2D eigenvalue weighted by Gasteiger charge is 2.54.